The van der Waals surface area contributed by atoms with Gasteiger partial charge in [-0.3, -0.25) is 0 Å². The smallest absolute Gasteiger partial charge is 0.143 e. The minimum absolute atomic E-state index is 0.133. The summed E-state index contributed by atoms with van der Waals surface area (Å²) in [6, 6.07) is 1.94. The zero-order valence-electron chi connectivity index (χ0n) is 6.51. The summed E-state index contributed by atoms with van der Waals surface area (Å²) in [6.45, 7) is 0.717. The van der Waals surface area contributed by atoms with Crippen LogP contribution in [0, 0.1) is 0 Å². The first kappa shape index (κ1) is 7.24. The van der Waals surface area contributed by atoms with Crippen molar-refractivity contribution < 1.29 is 5.11 Å². The summed E-state index contributed by atoms with van der Waals surface area (Å²) in [6.07, 6.45) is 5.17. The molecule has 0 saturated heterocycles. The Balaban J connectivity index is 2.55. The van der Waals surface area contributed by atoms with E-state index in [9.17, 15) is 0 Å². The van der Waals surface area contributed by atoms with Crippen molar-refractivity contribution in [1.29, 1.82) is 0 Å². The topological polar surface area (TPSA) is 50.9 Å². The van der Waals surface area contributed by atoms with Crippen LogP contribution >= 0.6 is 0 Å². The number of aliphatic hydroxyl groups excluding tert-OH is 1. The van der Waals surface area contributed by atoms with E-state index in [1.807, 2.05) is 16.8 Å². The lowest BCUT2D eigenvalue weighted by molar-refractivity contribution is 0.278. The van der Waals surface area contributed by atoms with Gasteiger partial charge >= 0.3 is 0 Å². The van der Waals surface area contributed by atoms with Crippen LogP contribution in [0.15, 0.2) is 24.8 Å². The zero-order chi connectivity index (χ0) is 8.39. The van der Waals surface area contributed by atoms with Crippen molar-refractivity contribution in [2.45, 2.75) is 6.54 Å². The lowest BCUT2D eigenvalue weighted by Gasteiger charge is -1.99. The van der Waals surface area contributed by atoms with Gasteiger partial charge < -0.3 is 9.67 Å². The molecular weight excluding hydrogens is 154 g/mol. The molecule has 2 aromatic heterocycles. The number of aliphatic hydroxyl groups is 1. The Bertz CT molecular complexity index is 382. The number of nitrogens with zero attached hydrogens (tertiary/aromatic N) is 3. The SMILES string of the molecule is OCCn1ccc2cncnc21. The Morgan fingerprint density at radius 3 is 3.25 bits per heavy atom. The van der Waals surface area contributed by atoms with Crippen LogP contribution < -0.4 is 0 Å². The van der Waals surface area contributed by atoms with E-state index in [0.717, 1.165) is 11.0 Å². The molecule has 0 amide bonds. The summed E-state index contributed by atoms with van der Waals surface area (Å²) < 4.78 is 1.90. The van der Waals surface area contributed by atoms with Crippen LogP contribution in [0.4, 0.5) is 0 Å². The predicted molar refractivity (Wildman–Crippen MR) is 44.6 cm³/mol. The average Bonchev–Trinajstić information content (AvgIpc) is 2.50. The molecule has 0 radical (unpaired) electrons. The van der Waals surface area contributed by atoms with Gasteiger partial charge in [-0.25, -0.2) is 9.97 Å². The normalized spacial score (nSPS) is 10.8. The van der Waals surface area contributed by atoms with Crippen molar-refractivity contribution in [1.82, 2.24) is 14.5 Å². The van der Waals surface area contributed by atoms with Gasteiger partial charge in [-0.2, -0.15) is 0 Å². The van der Waals surface area contributed by atoms with Crippen molar-refractivity contribution in [3.8, 4) is 0 Å². The molecule has 4 heteroatoms. The number of hydrogen-bond donors (Lipinski definition) is 1. The fourth-order valence-electron chi connectivity index (χ4n) is 1.22. The van der Waals surface area contributed by atoms with Crippen LogP contribution in [0.1, 0.15) is 0 Å². The molecule has 0 aliphatic carbocycles. The van der Waals surface area contributed by atoms with Gasteiger partial charge in [0.05, 0.1) is 6.61 Å². The lowest BCUT2D eigenvalue weighted by atomic mass is 10.4. The van der Waals surface area contributed by atoms with Crippen molar-refractivity contribution in [3.05, 3.63) is 24.8 Å². The second kappa shape index (κ2) is 2.91. The Hall–Kier alpha value is -1.42. The summed E-state index contributed by atoms with van der Waals surface area (Å²) in [5.41, 5.74) is 0.874. The first-order chi connectivity index (χ1) is 5.92. The Morgan fingerprint density at radius 1 is 1.50 bits per heavy atom. The van der Waals surface area contributed by atoms with Crippen molar-refractivity contribution in [3.63, 3.8) is 0 Å². The number of rotatable bonds is 2. The maximum absolute atomic E-state index is 8.73. The van der Waals surface area contributed by atoms with E-state index in [1.165, 1.54) is 6.33 Å². The minimum Gasteiger partial charge on any atom is -0.395 e. The number of aromatic nitrogens is 3. The van der Waals surface area contributed by atoms with Gasteiger partial charge in [0.25, 0.3) is 0 Å². The summed E-state index contributed by atoms with van der Waals surface area (Å²) in [7, 11) is 0. The van der Waals surface area contributed by atoms with E-state index in [4.69, 9.17) is 5.11 Å². The van der Waals surface area contributed by atoms with E-state index < -0.39 is 0 Å². The number of fused-ring (bicyclic) bond motifs is 1. The molecule has 1 N–H and O–H groups in total. The second-order valence-corrected chi connectivity index (χ2v) is 2.53. The van der Waals surface area contributed by atoms with Gasteiger partial charge in [0.15, 0.2) is 0 Å². The third-order valence-corrected chi connectivity index (χ3v) is 1.77. The standard InChI is InChI=1S/C8H9N3O/c12-4-3-11-2-1-7-5-9-6-10-8(7)11/h1-2,5-6,12H,3-4H2. The zero-order valence-corrected chi connectivity index (χ0v) is 6.51. The molecular formula is C8H9N3O. The van der Waals surface area contributed by atoms with Gasteiger partial charge in [-0.15, -0.1) is 0 Å². The molecule has 62 valence electrons. The quantitative estimate of drug-likeness (QED) is 0.698. The summed E-state index contributed by atoms with van der Waals surface area (Å²) >= 11 is 0. The highest BCUT2D eigenvalue weighted by Crippen LogP contribution is 2.09. The molecule has 0 aliphatic heterocycles. The highest BCUT2D eigenvalue weighted by molar-refractivity contribution is 5.74. The summed E-state index contributed by atoms with van der Waals surface area (Å²) in [5, 5.41) is 9.74. The fourth-order valence-corrected chi connectivity index (χ4v) is 1.22. The highest BCUT2D eigenvalue weighted by atomic mass is 16.3. The third kappa shape index (κ3) is 1.06. The Kier molecular flexibility index (Phi) is 1.75. The molecule has 0 spiro atoms. The molecule has 4 nitrogen and oxygen atoms in total. The molecule has 2 rings (SSSR count). The monoisotopic (exact) mass is 163 g/mol. The van der Waals surface area contributed by atoms with Crippen LogP contribution in [0.25, 0.3) is 11.0 Å². The Morgan fingerprint density at radius 2 is 2.42 bits per heavy atom. The van der Waals surface area contributed by atoms with Gasteiger partial charge in [0.2, 0.25) is 0 Å². The second-order valence-electron chi connectivity index (χ2n) is 2.53. The molecule has 0 aliphatic rings. The molecule has 0 saturated carbocycles. The molecule has 2 aromatic rings. The van der Waals surface area contributed by atoms with Crippen LogP contribution in [-0.4, -0.2) is 26.2 Å². The molecule has 0 unspecified atom stereocenters. The van der Waals surface area contributed by atoms with E-state index in [2.05, 4.69) is 9.97 Å². The van der Waals surface area contributed by atoms with Gasteiger partial charge in [-0.05, 0) is 6.07 Å². The van der Waals surface area contributed by atoms with E-state index >= 15 is 0 Å². The lowest BCUT2D eigenvalue weighted by Crippen LogP contribution is -2.00. The molecule has 12 heavy (non-hydrogen) atoms. The van der Waals surface area contributed by atoms with E-state index in [1.54, 1.807) is 6.20 Å². The van der Waals surface area contributed by atoms with Crippen molar-refractivity contribution in [2.24, 2.45) is 0 Å². The van der Waals surface area contributed by atoms with Crippen molar-refractivity contribution in [2.75, 3.05) is 6.61 Å². The molecule has 0 aromatic carbocycles. The first-order valence-electron chi connectivity index (χ1n) is 3.77. The van der Waals surface area contributed by atoms with Gasteiger partial charge in [0, 0.05) is 24.3 Å². The maximum Gasteiger partial charge on any atom is 0.143 e. The molecule has 2 heterocycles. The van der Waals surface area contributed by atoms with Crippen LogP contribution in [0.2, 0.25) is 0 Å². The fraction of sp³-hybridized carbons (Fsp3) is 0.250. The first-order valence-corrected chi connectivity index (χ1v) is 3.77. The van der Waals surface area contributed by atoms with E-state index in [0.29, 0.717) is 6.54 Å². The third-order valence-electron chi connectivity index (χ3n) is 1.77. The Labute approximate surface area is 69.5 Å². The van der Waals surface area contributed by atoms with Gasteiger partial charge in [0.1, 0.15) is 12.0 Å². The van der Waals surface area contributed by atoms with E-state index in [-0.39, 0.29) is 6.61 Å². The molecule has 0 fully saturated rings. The van der Waals surface area contributed by atoms with Crippen LogP contribution in [0.5, 0.6) is 0 Å². The molecule has 0 atom stereocenters. The highest BCUT2D eigenvalue weighted by Gasteiger charge is 1.99. The molecule has 0 bridgehead atoms. The predicted octanol–water partition coefficient (Wildman–Crippen LogP) is 0.424. The number of hydrogen-bond acceptors (Lipinski definition) is 3. The van der Waals surface area contributed by atoms with Crippen LogP contribution in [-0.2, 0) is 6.54 Å². The largest absolute Gasteiger partial charge is 0.395 e. The van der Waals surface area contributed by atoms with Crippen molar-refractivity contribution >= 4 is 11.0 Å². The minimum atomic E-state index is 0.133. The summed E-state index contributed by atoms with van der Waals surface area (Å²) in [4.78, 5) is 8.00. The van der Waals surface area contributed by atoms with Crippen LogP contribution in [0.3, 0.4) is 0 Å². The summed E-state index contributed by atoms with van der Waals surface area (Å²) in [5.74, 6) is 0. The maximum atomic E-state index is 8.73. The van der Waals surface area contributed by atoms with Gasteiger partial charge in [-0.1, -0.05) is 0 Å². The average molecular weight is 163 g/mol.